The Morgan fingerprint density at radius 2 is 1.72 bits per heavy atom. The number of imide groups is 1. The zero-order chi connectivity index (χ0) is 21.4. The molecule has 0 heterocycles. The van der Waals surface area contributed by atoms with E-state index in [0.29, 0.717) is 17.0 Å². The van der Waals surface area contributed by atoms with Gasteiger partial charge in [-0.2, -0.15) is 0 Å². The van der Waals surface area contributed by atoms with Crippen molar-refractivity contribution in [2.45, 2.75) is 5.75 Å². The summed E-state index contributed by atoms with van der Waals surface area (Å²) in [6, 6.07) is 11.5. The molecule has 0 fully saturated rings. The molecule has 0 aliphatic rings. The van der Waals surface area contributed by atoms with Crippen LogP contribution in [0.3, 0.4) is 0 Å². The highest BCUT2D eigenvalue weighted by molar-refractivity contribution is 7.89. The average molecular weight is 420 g/mol. The number of sulfone groups is 1. The van der Waals surface area contributed by atoms with Gasteiger partial charge in [0.2, 0.25) is 0 Å². The van der Waals surface area contributed by atoms with Crippen LogP contribution in [0, 0.1) is 0 Å². The van der Waals surface area contributed by atoms with E-state index in [1.807, 2.05) is 5.32 Å². The number of anilines is 1. The topological polar surface area (TPSA) is 128 Å². The van der Waals surface area contributed by atoms with Gasteiger partial charge < -0.3 is 14.8 Å². The van der Waals surface area contributed by atoms with Crippen LogP contribution in [0.4, 0.5) is 10.5 Å². The lowest BCUT2D eigenvalue weighted by molar-refractivity contribution is -0.123. The first-order valence-corrected chi connectivity index (χ1v) is 10.4. The van der Waals surface area contributed by atoms with E-state index in [-0.39, 0.29) is 11.3 Å². The molecule has 0 atom stereocenters. The van der Waals surface area contributed by atoms with E-state index in [1.54, 1.807) is 30.3 Å². The van der Waals surface area contributed by atoms with Crippen molar-refractivity contribution >= 4 is 33.4 Å². The van der Waals surface area contributed by atoms with Gasteiger partial charge in [-0.3, -0.25) is 10.1 Å². The molecule has 0 radical (unpaired) electrons. The van der Waals surface area contributed by atoms with Crippen LogP contribution in [0.15, 0.2) is 48.5 Å². The molecule has 2 rings (SSSR count). The molecule has 0 saturated heterocycles. The average Bonchev–Trinajstić information content (AvgIpc) is 2.65. The molecule has 29 heavy (non-hydrogen) atoms. The highest BCUT2D eigenvalue weighted by Crippen LogP contribution is 2.14. The maximum Gasteiger partial charge on any atom is 0.338 e. The Morgan fingerprint density at radius 1 is 1.03 bits per heavy atom. The van der Waals surface area contributed by atoms with Gasteiger partial charge in [-0.15, -0.1) is 0 Å². The van der Waals surface area contributed by atoms with Crippen LogP contribution in [0.25, 0.3) is 0 Å². The lowest BCUT2D eigenvalue weighted by atomic mass is 10.1. The van der Waals surface area contributed by atoms with Crippen LogP contribution < -0.4 is 15.4 Å². The highest BCUT2D eigenvalue weighted by Gasteiger charge is 2.14. The number of methoxy groups -OCH3 is 1. The Balaban J connectivity index is 1.84. The van der Waals surface area contributed by atoms with Crippen LogP contribution in [0.1, 0.15) is 15.9 Å². The lowest BCUT2D eigenvalue weighted by Crippen LogP contribution is -2.37. The van der Waals surface area contributed by atoms with Crippen LogP contribution in [-0.4, -0.2) is 46.3 Å². The monoisotopic (exact) mass is 420 g/mol. The van der Waals surface area contributed by atoms with E-state index in [4.69, 9.17) is 9.47 Å². The van der Waals surface area contributed by atoms with Crippen molar-refractivity contribution in [2.24, 2.45) is 0 Å². The maximum absolute atomic E-state index is 12.0. The van der Waals surface area contributed by atoms with E-state index in [9.17, 15) is 22.8 Å². The summed E-state index contributed by atoms with van der Waals surface area (Å²) in [7, 11) is -1.75. The third kappa shape index (κ3) is 7.62. The van der Waals surface area contributed by atoms with Gasteiger partial charge in [-0.1, -0.05) is 12.1 Å². The van der Waals surface area contributed by atoms with Crippen LogP contribution in [0.2, 0.25) is 0 Å². The van der Waals surface area contributed by atoms with Gasteiger partial charge in [0, 0.05) is 11.9 Å². The number of carbonyl (C=O) groups is 3. The summed E-state index contributed by atoms with van der Waals surface area (Å²) in [5.74, 6) is -1.25. The fourth-order valence-corrected chi connectivity index (χ4v) is 3.09. The molecule has 0 saturated carbocycles. The predicted molar refractivity (Wildman–Crippen MR) is 105 cm³/mol. The first-order valence-electron chi connectivity index (χ1n) is 8.35. The minimum Gasteiger partial charge on any atom is -0.497 e. The quantitative estimate of drug-likeness (QED) is 0.653. The second-order valence-electron chi connectivity index (χ2n) is 6.08. The Kier molecular flexibility index (Phi) is 7.32. The summed E-state index contributed by atoms with van der Waals surface area (Å²) in [6.45, 7) is -0.675. The largest absolute Gasteiger partial charge is 0.497 e. The standard InChI is InChI=1S/C19H20N2O7S/c1-27-16-8-6-15(7-9-16)20-19(24)21-17(22)11-28-18(23)14-5-3-4-13(10-14)12-29(2,25)26/h3-10H,11-12H2,1-2H3,(H2,20,21,22,24). The van der Waals surface area contributed by atoms with Crippen molar-refractivity contribution in [3.63, 3.8) is 0 Å². The van der Waals surface area contributed by atoms with Crippen molar-refractivity contribution < 1.29 is 32.3 Å². The number of amides is 3. The van der Waals surface area contributed by atoms with Crippen molar-refractivity contribution in [3.05, 3.63) is 59.7 Å². The molecule has 9 nitrogen and oxygen atoms in total. The molecule has 2 N–H and O–H groups in total. The molecule has 0 unspecified atom stereocenters. The number of rotatable bonds is 7. The minimum atomic E-state index is -3.26. The van der Waals surface area contributed by atoms with Crippen molar-refractivity contribution in [3.8, 4) is 5.75 Å². The SMILES string of the molecule is COc1ccc(NC(=O)NC(=O)COC(=O)c2cccc(CS(C)(=O)=O)c2)cc1. The third-order valence-corrected chi connectivity index (χ3v) is 4.38. The fourth-order valence-electron chi connectivity index (χ4n) is 2.30. The van der Waals surface area contributed by atoms with E-state index < -0.39 is 34.4 Å². The summed E-state index contributed by atoms with van der Waals surface area (Å²) >= 11 is 0. The van der Waals surface area contributed by atoms with Gasteiger partial charge in [-0.05, 0) is 42.0 Å². The van der Waals surface area contributed by atoms with Gasteiger partial charge in [0.05, 0.1) is 18.4 Å². The number of urea groups is 1. The number of nitrogens with one attached hydrogen (secondary N) is 2. The summed E-state index contributed by atoms with van der Waals surface area (Å²) in [6.07, 6.45) is 1.08. The van der Waals surface area contributed by atoms with E-state index in [1.165, 1.54) is 25.3 Å². The van der Waals surface area contributed by atoms with Gasteiger partial charge in [0.1, 0.15) is 5.75 Å². The van der Waals surface area contributed by atoms with Crippen LogP contribution in [0.5, 0.6) is 5.75 Å². The number of benzene rings is 2. The first kappa shape index (κ1) is 21.9. The Hall–Kier alpha value is -3.40. The normalized spacial score (nSPS) is 10.7. The summed E-state index contributed by atoms with van der Waals surface area (Å²) < 4.78 is 32.6. The number of carbonyl (C=O) groups excluding carboxylic acids is 3. The smallest absolute Gasteiger partial charge is 0.338 e. The molecule has 10 heteroatoms. The fraction of sp³-hybridized carbons (Fsp3) is 0.211. The van der Waals surface area contributed by atoms with E-state index >= 15 is 0 Å². The Labute approximate surface area is 167 Å². The van der Waals surface area contributed by atoms with Crippen molar-refractivity contribution in [1.82, 2.24) is 5.32 Å². The predicted octanol–water partition coefficient (Wildman–Crippen LogP) is 1.74. The van der Waals surface area contributed by atoms with Crippen LogP contribution >= 0.6 is 0 Å². The molecule has 0 aliphatic carbocycles. The van der Waals surface area contributed by atoms with Gasteiger partial charge in [0.25, 0.3) is 5.91 Å². The highest BCUT2D eigenvalue weighted by atomic mass is 32.2. The minimum absolute atomic E-state index is 0.0987. The second-order valence-corrected chi connectivity index (χ2v) is 8.22. The first-order chi connectivity index (χ1) is 13.7. The zero-order valence-electron chi connectivity index (χ0n) is 15.8. The van der Waals surface area contributed by atoms with Gasteiger partial charge in [-0.25, -0.2) is 18.0 Å². The van der Waals surface area contributed by atoms with E-state index in [2.05, 4.69) is 5.32 Å². The molecular formula is C19H20N2O7S. The molecule has 0 aromatic heterocycles. The Bertz CT molecular complexity index is 1000. The molecule has 154 valence electrons. The summed E-state index contributed by atoms with van der Waals surface area (Å²) in [5.41, 5.74) is 0.961. The lowest BCUT2D eigenvalue weighted by Gasteiger charge is -2.08. The molecule has 3 amide bonds. The molecule has 2 aromatic rings. The van der Waals surface area contributed by atoms with Gasteiger partial charge >= 0.3 is 12.0 Å². The van der Waals surface area contributed by atoms with Crippen LogP contribution in [-0.2, 0) is 25.1 Å². The summed E-state index contributed by atoms with van der Waals surface area (Å²) in [5, 5.41) is 4.48. The Morgan fingerprint density at radius 3 is 2.34 bits per heavy atom. The summed E-state index contributed by atoms with van der Waals surface area (Å²) in [4.78, 5) is 35.6. The molecule has 0 bridgehead atoms. The van der Waals surface area contributed by atoms with Crippen molar-refractivity contribution in [1.29, 1.82) is 0 Å². The number of esters is 1. The second kappa shape index (κ2) is 9.69. The molecular weight excluding hydrogens is 400 g/mol. The van der Waals surface area contributed by atoms with E-state index in [0.717, 1.165) is 6.26 Å². The zero-order valence-corrected chi connectivity index (χ0v) is 16.6. The molecule has 0 aliphatic heterocycles. The maximum atomic E-state index is 12.0. The third-order valence-electron chi connectivity index (χ3n) is 3.53. The number of hydrogen-bond acceptors (Lipinski definition) is 7. The number of ether oxygens (including phenoxy) is 2. The van der Waals surface area contributed by atoms with Crippen molar-refractivity contribution in [2.75, 3.05) is 25.3 Å². The molecule has 2 aromatic carbocycles. The van der Waals surface area contributed by atoms with Gasteiger partial charge in [0.15, 0.2) is 16.4 Å². The molecule has 0 spiro atoms. The number of hydrogen-bond donors (Lipinski definition) is 2.